The van der Waals surface area contributed by atoms with Crippen LogP contribution in [-0.2, 0) is 4.79 Å². The zero-order valence-electron chi connectivity index (χ0n) is 10.2. The minimum absolute atomic E-state index is 0.280. The zero-order chi connectivity index (χ0) is 13.5. The summed E-state index contributed by atoms with van der Waals surface area (Å²) in [5.74, 6) is -0.0761. The summed E-state index contributed by atoms with van der Waals surface area (Å²) in [5, 5.41) is 2.63. The molecule has 0 aliphatic carbocycles. The molecule has 1 aromatic rings. The molecule has 0 aromatic heterocycles. The van der Waals surface area contributed by atoms with Gasteiger partial charge in [-0.3, -0.25) is 9.59 Å². The maximum Gasteiger partial charge on any atom is 0.250 e. The fraction of sp³-hybridized carbons (Fsp3) is 0.333. The normalized spacial score (nSPS) is 11.9. The number of benzene rings is 1. The summed E-state index contributed by atoms with van der Waals surface area (Å²) in [4.78, 5) is 23.0. The first-order valence-electron chi connectivity index (χ1n) is 5.50. The van der Waals surface area contributed by atoms with Crippen molar-refractivity contribution in [2.45, 2.75) is 12.5 Å². The summed E-state index contributed by atoms with van der Waals surface area (Å²) in [7, 11) is 0. The number of anilines is 1. The van der Waals surface area contributed by atoms with Gasteiger partial charge in [0.05, 0.1) is 17.3 Å². The number of rotatable bonds is 6. The fourth-order valence-electron chi connectivity index (χ4n) is 1.41. The average molecular weight is 267 g/mol. The molecule has 5 N–H and O–H groups in total. The van der Waals surface area contributed by atoms with Gasteiger partial charge in [0, 0.05) is 0 Å². The second kappa shape index (κ2) is 7.03. The quantitative estimate of drug-likeness (QED) is 0.710. The van der Waals surface area contributed by atoms with Gasteiger partial charge in [-0.2, -0.15) is 11.8 Å². The van der Waals surface area contributed by atoms with Crippen molar-refractivity contribution in [2.75, 3.05) is 17.3 Å². The monoisotopic (exact) mass is 267 g/mol. The van der Waals surface area contributed by atoms with E-state index in [1.807, 2.05) is 6.26 Å². The van der Waals surface area contributed by atoms with Gasteiger partial charge < -0.3 is 16.8 Å². The summed E-state index contributed by atoms with van der Waals surface area (Å²) in [6.07, 6.45) is 2.54. The molecular formula is C12H17N3O2S. The molecule has 0 saturated carbocycles. The lowest BCUT2D eigenvalue weighted by molar-refractivity contribution is -0.117. The minimum Gasteiger partial charge on any atom is -0.366 e. The number of carbonyl (C=O) groups is 2. The molecule has 0 aliphatic heterocycles. The molecule has 0 unspecified atom stereocenters. The van der Waals surface area contributed by atoms with Gasteiger partial charge in [-0.1, -0.05) is 12.1 Å². The predicted molar refractivity (Wildman–Crippen MR) is 74.6 cm³/mol. The highest BCUT2D eigenvalue weighted by atomic mass is 32.2. The van der Waals surface area contributed by atoms with E-state index in [9.17, 15) is 9.59 Å². The number of nitrogens with one attached hydrogen (secondary N) is 1. The number of nitrogens with two attached hydrogens (primary N) is 2. The summed E-state index contributed by atoms with van der Waals surface area (Å²) >= 11 is 1.63. The number of carbonyl (C=O) groups excluding carboxylic acids is 2. The lowest BCUT2D eigenvalue weighted by Crippen LogP contribution is -2.36. The Morgan fingerprint density at radius 3 is 2.67 bits per heavy atom. The van der Waals surface area contributed by atoms with Crippen molar-refractivity contribution in [3.05, 3.63) is 29.8 Å². The second-order valence-corrected chi connectivity index (χ2v) is 4.77. The van der Waals surface area contributed by atoms with Crippen molar-refractivity contribution >= 4 is 29.3 Å². The van der Waals surface area contributed by atoms with Gasteiger partial charge >= 0.3 is 0 Å². The predicted octanol–water partition coefficient (Wildman–Crippen LogP) is 0.804. The number of hydrogen-bond acceptors (Lipinski definition) is 4. The van der Waals surface area contributed by atoms with Crippen molar-refractivity contribution in [2.24, 2.45) is 11.5 Å². The third kappa shape index (κ3) is 4.05. The Morgan fingerprint density at radius 1 is 1.39 bits per heavy atom. The number of primary amides is 1. The lowest BCUT2D eigenvalue weighted by Gasteiger charge is -2.13. The van der Waals surface area contributed by atoms with Crippen LogP contribution in [0, 0.1) is 0 Å². The molecule has 6 heteroatoms. The first-order valence-corrected chi connectivity index (χ1v) is 6.90. The molecule has 0 heterocycles. The Labute approximate surface area is 110 Å². The number of para-hydroxylation sites is 1. The number of amides is 2. The van der Waals surface area contributed by atoms with Crippen molar-refractivity contribution < 1.29 is 9.59 Å². The molecule has 0 fully saturated rings. The lowest BCUT2D eigenvalue weighted by atomic mass is 10.1. The standard InChI is InChI=1S/C12H17N3O2S/c1-18-7-6-9(13)12(17)15-10-5-3-2-4-8(10)11(14)16/h2-5,9H,6-7,13H2,1H3,(H2,14,16)(H,15,17)/t9-/m1/s1. The molecule has 0 aliphatic rings. The van der Waals surface area contributed by atoms with Crippen LogP contribution in [0.2, 0.25) is 0 Å². The zero-order valence-corrected chi connectivity index (χ0v) is 11.0. The van der Waals surface area contributed by atoms with Crippen LogP contribution in [0.3, 0.4) is 0 Å². The van der Waals surface area contributed by atoms with Crippen LogP contribution in [-0.4, -0.2) is 29.9 Å². The summed E-state index contributed by atoms with van der Waals surface area (Å²) in [6.45, 7) is 0. The van der Waals surface area contributed by atoms with E-state index >= 15 is 0 Å². The molecule has 1 rings (SSSR count). The van der Waals surface area contributed by atoms with E-state index in [1.165, 1.54) is 0 Å². The van der Waals surface area contributed by atoms with E-state index in [0.29, 0.717) is 12.1 Å². The molecule has 0 radical (unpaired) electrons. The Bertz CT molecular complexity index is 437. The van der Waals surface area contributed by atoms with Crippen molar-refractivity contribution in [3.8, 4) is 0 Å². The van der Waals surface area contributed by atoms with E-state index in [0.717, 1.165) is 5.75 Å². The van der Waals surface area contributed by atoms with Gasteiger partial charge in [-0.15, -0.1) is 0 Å². The highest BCUT2D eigenvalue weighted by Gasteiger charge is 2.15. The maximum absolute atomic E-state index is 11.8. The Morgan fingerprint density at radius 2 is 2.06 bits per heavy atom. The largest absolute Gasteiger partial charge is 0.366 e. The number of hydrogen-bond donors (Lipinski definition) is 3. The molecule has 0 saturated heterocycles. The maximum atomic E-state index is 11.8. The van der Waals surface area contributed by atoms with Crippen LogP contribution in [0.5, 0.6) is 0 Å². The highest BCUT2D eigenvalue weighted by molar-refractivity contribution is 7.98. The molecule has 98 valence electrons. The SMILES string of the molecule is CSCC[C@@H](N)C(=O)Nc1ccccc1C(N)=O. The van der Waals surface area contributed by atoms with Crippen molar-refractivity contribution in [3.63, 3.8) is 0 Å². The van der Waals surface area contributed by atoms with E-state index in [2.05, 4.69) is 5.32 Å². The number of thioether (sulfide) groups is 1. The molecule has 18 heavy (non-hydrogen) atoms. The van der Waals surface area contributed by atoms with Gasteiger partial charge in [0.1, 0.15) is 0 Å². The van der Waals surface area contributed by atoms with Gasteiger partial charge in [0.15, 0.2) is 0 Å². The summed E-state index contributed by atoms with van der Waals surface area (Å²) in [5.41, 5.74) is 11.6. The highest BCUT2D eigenvalue weighted by Crippen LogP contribution is 2.14. The molecule has 0 spiro atoms. The van der Waals surface area contributed by atoms with Crippen LogP contribution >= 0.6 is 11.8 Å². The first kappa shape index (κ1) is 14.5. The third-order valence-electron chi connectivity index (χ3n) is 2.42. The average Bonchev–Trinajstić information content (AvgIpc) is 2.36. The van der Waals surface area contributed by atoms with Crippen LogP contribution < -0.4 is 16.8 Å². The van der Waals surface area contributed by atoms with E-state index in [-0.39, 0.29) is 11.5 Å². The summed E-state index contributed by atoms with van der Waals surface area (Å²) in [6, 6.07) is 6.00. The molecular weight excluding hydrogens is 250 g/mol. The smallest absolute Gasteiger partial charge is 0.250 e. The van der Waals surface area contributed by atoms with E-state index < -0.39 is 11.9 Å². The third-order valence-corrected chi connectivity index (χ3v) is 3.06. The van der Waals surface area contributed by atoms with Crippen molar-refractivity contribution in [1.82, 2.24) is 0 Å². The van der Waals surface area contributed by atoms with Crippen LogP contribution in [0.25, 0.3) is 0 Å². The van der Waals surface area contributed by atoms with Gasteiger partial charge in [-0.05, 0) is 30.6 Å². The van der Waals surface area contributed by atoms with Gasteiger partial charge in [0.2, 0.25) is 5.91 Å². The van der Waals surface area contributed by atoms with Crippen LogP contribution in [0.4, 0.5) is 5.69 Å². The Balaban J connectivity index is 2.72. The molecule has 2 amide bonds. The van der Waals surface area contributed by atoms with E-state index in [1.54, 1.807) is 36.0 Å². The Hall–Kier alpha value is -1.53. The fourth-order valence-corrected chi connectivity index (χ4v) is 1.90. The van der Waals surface area contributed by atoms with Gasteiger partial charge in [0.25, 0.3) is 5.91 Å². The Kier molecular flexibility index (Phi) is 5.67. The topological polar surface area (TPSA) is 98.2 Å². The molecule has 5 nitrogen and oxygen atoms in total. The first-order chi connectivity index (χ1) is 8.56. The molecule has 1 atom stereocenters. The van der Waals surface area contributed by atoms with Crippen LogP contribution in [0.15, 0.2) is 24.3 Å². The van der Waals surface area contributed by atoms with Gasteiger partial charge in [-0.25, -0.2) is 0 Å². The summed E-state index contributed by atoms with van der Waals surface area (Å²) < 4.78 is 0. The molecule has 0 bridgehead atoms. The second-order valence-electron chi connectivity index (χ2n) is 3.79. The minimum atomic E-state index is -0.585. The molecule has 1 aromatic carbocycles. The van der Waals surface area contributed by atoms with E-state index in [4.69, 9.17) is 11.5 Å². The van der Waals surface area contributed by atoms with Crippen LogP contribution in [0.1, 0.15) is 16.8 Å². The van der Waals surface area contributed by atoms with Crippen molar-refractivity contribution in [1.29, 1.82) is 0 Å².